The zero-order chi connectivity index (χ0) is 11.5. The van der Waals surface area contributed by atoms with E-state index in [2.05, 4.69) is 5.32 Å². The summed E-state index contributed by atoms with van der Waals surface area (Å²) in [7, 11) is 0. The molecule has 2 fully saturated rings. The fraction of sp³-hybridized carbons (Fsp3) is 0.800. The molecule has 3 amide bonds. The first-order valence-corrected chi connectivity index (χ1v) is 5.71. The Bertz CT molecular complexity index is 287. The third-order valence-electron chi connectivity index (χ3n) is 3.29. The summed E-state index contributed by atoms with van der Waals surface area (Å²) in [5.74, 6) is 0. The van der Waals surface area contributed by atoms with Crippen molar-refractivity contribution in [2.75, 3.05) is 26.2 Å². The zero-order valence-corrected chi connectivity index (χ0v) is 9.19. The lowest BCUT2D eigenvalue weighted by molar-refractivity contribution is 0.0994. The van der Waals surface area contributed by atoms with E-state index in [0.29, 0.717) is 13.1 Å². The van der Waals surface area contributed by atoms with Gasteiger partial charge >= 0.3 is 12.1 Å². The minimum Gasteiger partial charge on any atom is -0.465 e. The Kier molecular flexibility index (Phi) is 3.17. The molecule has 0 saturated carbocycles. The molecule has 0 spiro atoms. The van der Waals surface area contributed by atoms with Gasteiger partial charge in [-0.15, -0.1) is 0 Å². The highest BCUT2D eigenvalue weighted by molar-refractivity contribution is 5.75. The summed E-state index contributed by atoms with van der Waals surface area (Å²) in [4.78, 5) is 25.6. The van der Waals surface area contributed by atoms with Gasteiger partial charge in [-0.1, -0.05) is 0 Å². The molecule has 0 unspecified atom stereocenters. The van der Waals surface area contributed by atoms with E-state index in [-0.39, 0.29) is 12.1 Å². The molecular weight excluding hydrogens is 210 g/mol. The quantitative estimate of drug-likeness (QED) is 0.687. The van der Waals surface area contributed by atoms with Crippen LogP contribution in [0, 0.1) is 0 Å². The number of urea groups is 1. The lowest BCUT2D eigenvalue weighted by Crippen LogP contribution is -2.54. The Hall–Kier alpha value is -1.46. The SMILES string of the molecule is O=C(O)N1CCC(N2CCCNC2=O)CC1. The largest absolute Gasteiger partial charge is 0.465 e. The summed E-state index contributed by atoms with van der Waals surface area (Å²) in [6.45, 7) is 2.61. The molecule has 16 heavy (non-hydrogen) atoms. The Morgan fingerprint density at radius 3 is 2.56 bits per heavy atom. The molecule has 0 bridgehead atoms. The lowest BCUT2D eigenvalue weighted by atomic mass is 10.0. The predicted octanol–water partition coefficient (Wildman–Crippen LogP) is 0.544. The first-order chi connectivity index (χ1) is 7.68. The van der Waals surface area contributed by atoms with Crippen LogP contribution in [0.4, 0.5) is 9.59 Å². The van der Waals surface area contributed by atoms with E-state index >= 15 is 0 Å². The summed E-state index contributed by atoms with van der Waals surface area (Å²) in [6.07, 6.45) is 1.62. The van der Waals surface area contributed by atoms with Crippen LogP contribution in [0.3, 0.4) is 0 Å². The Labute approximate surface area is 94.2 Å². The van der Waals surface area contributed by atoms with Crippen LogP contribution in [0.1, 0.15) is 19.3 Å². The third-order valence-corrected chi connectivity index (χ3v) is 3.29. The molecule has 0 radical (unpaired) electrons. The molecule has 2 aliphatic rings. The van der Waals surface area contributed by atoms with Crippen molar-refractivity contribution >= 4 is 12.1 Å². The van der Waals surface area contributed by atoms with Crippen molar-refractivity contribution in [2.45, 2.75) is 25.3 Å². The number of nitrogens with one attached hydrogen (secondary N) is 1. The van der Waals surface area contributed by atoms with Gasteiger partial charge < -0.3 is 20.2 Å². The predicted molar refractivity (Wildman–Crippen MR) is 57.3 cm³/mol. The van der Waals surface area contributed by atoms with Gasteiger partial charge in [0.1, 0.15) is 0 Å². The number of amides is 3. The number of likely N-dealkylation sites (tertiary alicyclic amines) is 1. The standard InChI is InChI=1S/C10H17N3O3/c14-9-11-4-1-5-13(9)8-2-6-12(7-3-8)10(15)16/h8H,1-7H2,(H,11,14)(H,15,16). The van der Waals surface area contributed by atoms with Crippen molar-refractivity contribution in [3.05, 3.63) is 0 Å². The summed E-state index contributed by atoms with van der Waals surface area (Å²) in [5, 5.41) is 11.6. The normalized spacial score (nSPS) is 23.1. The second-order valence-electron chi connectivity index (χ2n) is 4.28. The van der Waals surface area contributed by atoms with E-state index in [1.165, 1.54) is 4.90 Å². The molecule has 0 aliphatic carbocycles. The van der Waals surface area contributed by atoms with Gasteiger partial charge in [-0.25, -0.2) is 9.59 Å². The molecule has 6 heteroatoms. The van der Waals surface area contributed by atoms with E-state index in [0.717, 1.165) is 32.4 Å². The van der Waals surface area contributed by atoms with Crippen molar-refractivity contribution in [3.63, 3.8) is 0 Å². The van der Waals surface area contributed by atoms with Crippen molar-refractivity contribution < 1.29 is 14.7 Å². The Balaban J connectivity index is 1.88. The number of carbonyl (C=O) groups is 2. The molecule has 0 aromatic carbocycles. The maximum atomic E-state index is 11.6. The fourth-order valence-electron chi connectivity index (χ4n) is 2.37. The molecule has 0 aromatic heterocycles. The van der Waals surface area contributed by atoms with Crippen LogP contribution in [-0.4, -0.2) is 59.3 Å². The summed E-state index contributed by atoms with van der Waals surface area (Å²) < 4.78 is 0. The van der Waals surface area contributed by atoms with Crippen LogP contribution < -0.4 is 5.32 Å². The first kappa shape index (κ1) is 11.0. The maximum Gasteiger partial charge on any atom is 0.407 e. The van der Waals surface area contributed by atoms with Gasteiger partial charge in [-0.3, -0.25) is 0 Å². The highest BCUT2D eigenvalue weighted by Gasteiger charge is 2.30. The van der Waals surface area contributed by atoms with Crippen LogP contribution in [0.2, 0.25) is 0 Å². The van der Waals surface area contributed by atoms with Gasteiger partial charge in [0.25, 0.3) is 0 Å². The van der Waals surface area contributed by atoms with Crippen LogP contribution in [0.25, 0.3) is 0 Å². The number of carboxylic acid groups (broad SMARTS) is 1. The molecule has 6 nitrogen and oxygen atoms in total. The minimum absolute atomic E-state index is 0.0000231. The smallest absolute Gasteiger partial charge is 0.407 e. The van der Waals surface area contributed by atoms with E-state index in [1.807, 2.05) is 4.90 Å². The highest BCUT2D eigenvalue weighted by Crippen LogP contribution is 2.18. The molecule has 2 saturated heterocycles. The van der Waals surface area contributed by atoms with Gasteiger partial charge in [-0.05, 0) is 19.3 Å². The molecule has 2 aliphatic heterocycles. The monoisotopic (exact) mass is 227 g/mol. The van der Waals surface area contributed by atoms with Gasteiger partial charge in [-0.2, -0.15) is 0 Å². The molecule has 2 heterocycles. The van der Waals surface area contributed by atoms with Gasteiger partial charge in [0.2, 0.25) is 0 Å². The molecule has 2 rings (SSSR count). The number of nitrogens with zero attached hydrogens (tertiary/aromatic N) is 2. The van der Waals surface area contributed by atoms with Crippen LogP contribution in [-0.2, 0) is 0 Å². The summed E-state index contributed by atoms with van der Waals surface area (Å²) in [5.41, 5.74) is 0. The van der Waals surface area contributed by atoms with Crippen LogP contribution >= 0.6 is 0 Å². The zero-order valence-electron chi connectivity index (χ0n) is 9.19. The maximum absolute atomic E-state index is 11.6. The lowest BCUT2D eigenvalue weighted by Gasteiger charge is -2.39. The van der Waals surface area contributed by atoms with Gasteiger partial charge in [0, 0.05) is 32.2 Å². The van der Waals surface area contributed by atoms with Crippen molar-refractivity contribution in [2.24, 2.45) is 0 Å². The summed E-state index contributed by atoms with van der Waals surface area (Å²) in [6, 6.07) is 0.205. The third kappa shape index (κ3) is 2.20. The second kappa shape index (κ2) is 4.59. The molecule has 0 atom stereocenters. The average molecular weight is 227 g/mol. The van der Waals surface area contributed by atoms with Crippen molar-refractivity contribution in [1.29, 1.82) is 0 Å². The molecular formula is C10H17N3O3. The molecule has 0 aromatic rings. The van der Waals surface area contributed by atoms with E-state index in [9.17, 15) is 9.59 Å². The van der Waals surface area contributed by atoms with E-state index in [1.54, 1.807) is 0 Å². The number of carbonyl (C=O) groups excluding carboxylic acids is 1. The summed E-state index contributed by atoms with van der Waals surface area (Å²) >= 11 is 0. The first-order valence-electron chi connectivity index (χ1n) is 5.71. The molecule has 2 N–H and O–H groups in total. The fourth-order valence-corrected chi connectivity index (χ4v) is 2.37. The molecule has 90 valence electrons. The number of piperidine rings is 1. The number of hydrogen-bond donors (Lipinski definition) is 2. The van der Waals surface area contributed by atoms with Crippen LogP contribution in [0.15, 0.2) is 0 Å². The van der Waals surface area contributed by atoms with Crippen LogP contribution in [0.5, 0.6) is 0 Å². The topological polar surface area (TPSA) is 72.9 Å². The average Bonchev–Trinajstić information content (AvgIpc) is 2.30. The van der Waals surface area contributed by atoms with Gasteiger partial charge in [0.15, 0.2) is 0 Å². The Morgan fingerprint density at radius 1 is 1.31 bits per heavy atom. The van der Waals surface area contributed by atoms with Crippen molar-refractivity contribution in [1.82, 2.24) is 15.1 Å². The Morgan fingerprint density at radius 2 is 2.00 bits per heavy atom. The number of hydrogen-bond acceptors (Lipinski definition) is 2. The van der Waals surface area contributed by atoms with Gasteiger partial charge in [0.05, 0.1) is 0 Å². The van der Waals surface area contributed by atoms with E-state index in [4.69, 9.17) is 5.11 Å². The number of rotatable bonds is 1. The van der Waals surface area contributed by atoms with Crippen molar-refractivity contribution in [3.8, 4) is 0 Å². The van der Waals surface area contributed by atoms with E-state index < -0.39 is 6.09 Å². The highest BCUT2D eigenvalue weighted by atomic mass is 16.4. The second-order valence-corrected chi connectivity index (χ2v) is 4.28. The minimum atomic E-state index is -0.860.